The number of aryl methyl sites for hydroxylation is 1. The van der Waals surface area contributed by atoms with Crippen molar-refractivity contribution in [3.8, 4) is 28.5 Å². The first-order valence-electron chi connectivity index (χ1n) is 10.5. The normalized spacial score (nSPS) is 11.8. The van der Waals surface area contributed by atoms with Gasteiger partial charge in [0, 0.05) is 36.6 Å². The number of halogens is 3. The molecule has 0 fully saturated rings. The molecule has 1 N–H and O–H groups in total. The fourth-order valence-electron chi connectivity index (χ4n) is 3.86. The first-order valence-corrected chi connectivity index (χ1v) is 10.5. The summed E-state index contributed by atoms with van der Waals surface area (Å²) in [6.45, 7) is 0.261. The first-order chi connectivity index (χ1) is 16.7. The number of H-pyrrole nitrogens is 1. The lowest BCUT2D eigenvalue weighted by Crippen LogP contribution is -2.17. The number of methoxy groups -OCH3 is 1. The van der Waals surface area contributed by atoms with Gasteiger partial charge in [-0.25, -0.2) is 14.8 Å². The number of aromatic nitrogens is 6. The summed E-state index contributed by atoms with van der Waals surface area (Å²) in [5.74, 6) is 0.655. The molecule has 0 bridgehead atoms. The van der Waals surface area contributed by atoms with Gasteiger partial charge >= 0.3 is 11.9 Å². The monoisotopic (exact) mass is 480 g/mol. The number of hydrogen-bond donors (Lipinski definition) is 1. The molecule has 0 saturated heterocycles. The van der Waals surface area contributed by atoms with Crippen LogP contribution in [0.25, 0.3) is 33.7 Å². The number of aromatic amines is 1. The van der Waals surface area contributed by atoms with Crippen LogP contribution in [0, 0.1) is 0 Å². The number of alkyl halides is 3. The Morgan fingerprint density at radius 1 is 1.06 bits per heavy atom. The molecule has 0 aliphatic rings. The Morgan fingerprint density at radius 2 is 1.83 bits per heavy atom. The Hall–Kier alpha value is -4.41. The van der Waals surface area contributed by atoms with E-state index in [1.54, 1.807) is 53.4 Å². The second-order valence-electron chi connectivity index (χ2n) is 7.95. The molecule has 35 heavy (non-hydrogen) atoms. The van der Waals surface area contributed by atoms with Crippen molar-refractivity contribution in [1.29, 1.82) is 0 Å². The minimum absolute atomic E-state index is 0.205. The Kier molecular flexibility index (Phi) is 5.39. The molecule has 0 aliphatic heterocycles. The molecule has 4 aromatic heterocycles. The van der Waals surface area contributed by atoms with Crippen molar-refractivity contribution in [2.24, 2.45) is 7.05 Å². The van der Waals surface area contributed by atoms with Crippen LogP contribution in [-0.4, -0.2) is 36.2 Å². The largest absolute Gasteiger partial charge is 0.481 e. The average molecular weight is 480 g/mol. The summed E-state index contributed by atoms with van der Waals surface area (Å²) in [7, 11) is 3.04. The van der Waals surface area contributed by atoms with E-state index in [4.69, 9.17) is 4.74 Å². The maximum Gasteiger partial charge on any atom is 0.434 e. The van der Waals surface area contributed by atoms with Crippen molar-refractivity contribution in [1.82, 2.24) is 29.1 Å². The van der Waals surface area contributed by atoms with Crippen molar-refractivity contribution < 1.29 is 17.9 Å². The summed E-state index contributed by atoms with van der Waals surface area (Å²) < 4.78 is 47.1. The van der Waals surface area contributed by atoms with Crippen LogP contribution >= 0.6 is 0 Å². The zero-order valence-corrected chi connectivity index (χ0v) is 18.7. The van der Waals surface area contributed by atoms with E-state index in [0.717, 1.165) is 17.3 Å². The molecule has 0 atom stereocenters. The van der Waals surface area contributed by atoms with Gasteiger partial charge in [-0.1, -0.05) is 24.3 Å². The summed E-state index contributed by atoms with van der Waals surface area (Å²) in [4.78, 5) is 27.7. The van der Waals surface area contributed by atoms with E-state index in [0.29, 0.717) is 28.2 Å². The molecule has 4 heterocycles. The van der Waals surface area contributed by atoms with Crippen LogP contribution in [0.1, 0.15) is 11.3 Å². The number of nitrogens with zero attached hydrogens (tertiary/aromatic N) is 5. The van der Waals surface area contributed by atoms with Crippen LogP contribution in [0.4, 0.5) is 13.2 Å². The number of pyridine rings is 2. The Labute approximate surface area is 196 Å². The number of benzene rings is 1. The lowest BCUT2D eigenvalue weighted by molar-refractivity contribution is -0.140. The van der Waals surface area contributed by atoms with E-state index < -0.39 is 11.9 Å². The molecule has 5 rings (SSSR count). The number of hydrogen-bond acceptors (Lipinski definition) is 5. The number of ether oxygens (including phenoxy) is 1. The van der Waals surface area contributed by atoms with Crippen LogP contribution in [-0.2, 0) is 19.8 Å². The van der Waals surface area contributed by atoms with Gasteiger partial charge in [0.15, 0.2) is 5.69 Å². The quantitative estimate of drug-likeness (QED) is 0.406. The molecule has 8 nitrogen and oxygen atoms in total. The van der Waals surface area contributed by atoms with Gasteiger partial charge in [0.25, 0.3) is 0 Å². The standard InChI is InChI=1S/C24H19F3N6O2/c1-32-13-20(24(25,26)27)31-22(32)15-5-3-14(4-6-15)12-33-19-10-17(29-11-18(19)30-23(33)34)16-7-8-28-21(9-16)35-2/h3-11,13H,12H2,1-2H3,(H,30,34). The third kappa shape index (κ3) is 4.27. The van der Waals surface area contributed by atoms with Crippen LogP contribution in [0.2, 0.25) is 0 Å². The molecule has 0 unspecified atom stereocenters. The molecule has 0 aliphatic carbocycles. The van der Waals surface area contributed by atoms with Gasteiger partial charge in [-0.05, 0) is 17.7 Å². The summed E-state index contributed by atoms with van der Waals surface area (Å²) >= 11 is 0. The van der Waals surface area contributed by atoms with E-state index in [1.165, 1.54) is 18.7 Å². The summed E-state index contributed by atoms with van der Waals surface area (Å²) in [5.41, 5.74) is 2.79. The van der Waals surface area contributed by atoms with E-state index >= 15 is 0 Å². The van der Waals surface area contributed by atoms with Crippen molar-refractivity contribution in [3.63, 3.8) is 0 Å². The van der Waals surface area contributed by atoms with Crippen molar-refractivity contribution >= 4 is 11.0 Å². The molecular weight excluding hydrogens is 461 g/mol. The van der Waals surface area contributed by atoms with Crippen molar-refractivity contribution in [3.05, 3.63) is 82.8 Å². The van der Waals surface area contributed by atoms with Gasteiger partial charge in [-0.2, -0.15) is 13.2 Å². The Bertz CT molecular complexity index is 1580. The van der Waals surface area contributed by atoms with Gasteiger partial charge in [0.1, 0.15) is 5.82 Å². The van der Waals surface area contributed by atoms with E-state index in [1.807, 2.05) is 6.07 Å². The second kappa shape index (κ2) is 8.42. The molecule has 11 heteroatoms. The highest BCUT2D eigenvalue weighted by Crippen LogP contribution is 2.31. The molecule has 5 aromatic rings. The van der Waals surface area contributed by atoms with Crippen LogP contribution in [0.15, 0.2) is 65.8 Å². The lowest BCUT2D eigenvalue weighted by Gasteiger charge is -2.07. The highest BCUT2D eigenvalue weighted by Gasteiger charge is 2.34. The zero-order valence-electron chi connectivity index (χ0n) is 18.7. The fraction of sp³-hybridized carbons (Fsp3) is 0.167. The highest BCUT2D eigenvalue weighted by molar-refractivity contribution is 5.79. The Morgan fingerprint density at radius 3 is 2.51 bits per heavy atom. The maximum atomic E-state index is 13.0. The molecule has 1 aromatic carbocycles. The van der Waals surface area contributed by atoms with Gasteiger partial charge in [-0.15, -0.1) is 0 Å². The predicted molar refractivity (Wildman–Crippen MR) is 123 cm³/mol. The minimum atomic E-state index is -4.51. The molecule has 0 saturated carbocycles. The van der Waals surface area contributed by atoms with E-state index in [2.05, 4.69) is 19.9 Å². The van der Waals surface area contributed by atoms with Crippen LogP contribution in [0.3, 0.4) is 0 Å². The number of rotatable bonds is 5. The van der Waals surface area contributed by atoms with Gasteiger partial charge in [0.2, 0.25) is 5.88 Å². The van der Waals surface area contributed by atoms with Crippen molar-refractivity contribution in [2.45, 2.75) is 12.7 Å². The predicted octanol–water partition coefficient (Wildman–Crippen LogP) is 4.26. The fourth-order valence-corrected chi connectivity index (χ4v) is 3.86. The summed E-state index contributed by atoms with van der Waals surface area (Å²) in [6.07, 6.45) is -0.344. The zero-order chi connectivity index (χ0) is 24.7. The smallest absolute Gasteiger partial charge is 0.434 e. The van der Waals surface area contributed by atoms with Crippen molar-refractivity contribution in [2.75, 3.05) is 7.11 Å². The molecule has 178 valence electrons. The van der Waals surface area contributed by atoms with Crippen LogP contribution < -0.4 is 10.4 Å². The highest BCUT2D eigenvalue weighted by atomic mass is 19.4. The molecular formula is C24H19F3N6O2. The average Bonchev–Trinajstić information content (AvgIpc) is 3.39. The minimum Gasteiger partial charge on any atom is -0.481 e. The summed E-state index contributed by atoms with van der Waals surface area (Å²) in [6, 6.07) is 12.3. The number of imidazole rings is 2. The van der Waals surface area contributed by atoms with Gasteiger partial charge in [0.05, 0.1) is 36.6 Å². The number of nitrogens with one attached hydrogen (secondary N) is 1. The maximum absolute atomic E-state index is 13.0. The Balaban J connectivity index is 1.46. The molecule has 0 amide bonds. The molecule has 0 radical (unpaired) electrons. The van der Waals surface area contributed by atoms with Crippen LogP contribution in [0.5, 0.6) is 5.88 Å². The first kappa shape index (κ1) is 22.4. The van der Waals surface area contributed by atoms with E-state index in [9.17, 15) is 18.0 Å². The lowest BCUT2D eigenvalue weighted by atomic mass is 10.1. The van der Waals surface area contributed by atoms with Gasteiger partial charge < -0.3 is 14.3 Å². The third-order valence-electron chi connectivity index (χ3n) is 5.62. The topological polar surface area (TPSA) is 90.6 Å². The number of fused-ring (bicyclic) bond motifs is 1. The second-order valence-corrected chi connectivity index (χ2v) is 7.95. The third-order valence-corrected chi connectivity index (χ3v) is 5.62. The van der Waals surface area contributed by atoms with E-state index in [-0.39, 0.29) is 18.1 Å². The molecule has 0 spiro atoms. The summed E-state index contributed by atoms with van der Waals surface area (Å²) in [5, 5.41) is 0. The van der Waals surface area contributed by atoms with Gasteiger partial charge in [-0.3, -0.25) is 9.55 Å². The SMILES string of the molecule is COc1cc(-c2cc3c(cn2)[nH]c(=O)n3Cc2ccc(-c3nc(C(F)(F)F)cn3C)cc2)ccn1.